The minimum absolute atomic E-state index is 0. The number of phenolic OH excluding ortho intramolecular Hbond substituents is 1. The maximum absolute atomic E-state index is 9.99. The van der Waals surface area contributed by atoms with E-state index in [1.807, 2.05) is 31.2 Å². The number of aromatic hydroxyl groups is 1. The second kappa shape index (κ2) is 11.1. The van der Waals surface area contributed by atoms with Gasteiger partial charge in [-0.25, -0.2) is 0 Å². The Morgan fingerprint density at radius 1 is 1.15 bits per heavy atom. The highest BCUT2D eigenvalue weighted by Crippen LogP contribution is 2.37. The molecule has 0 fully saturated rings. The van der Waals surface area contributed by atoms with Crippen molar-refractivity contribution < 1.29 is 14.6 Å². The van der Waals surface area contributed by atoms with Crippen LogP contribution in [0.25, 0.3) is 0 Å². The van der Waals surface area contributed by atoms with Gasteiger partial charge in [-0.2, -0.15) is 0 Å². The number of nitrogens with zero attached hydrogens (tertiary/aromatic N) is 1. The lowest BCUT2D eigenvalue weighted by Crippen LogP contribution is -2.38. The predicted octanol–water partition coefficient (Wildman–Crippen LogP) is 4.11. The van der Waals surface area contributed by atoms with Crippen molar-refractivity contribution in [1.29, 1.82) is 0 Å². The van der Waals surface area contributed by atoms with E-state index in [2.05, 4.69) is 15.6 Å². The van der Waals surface area contributed by atoms with Gasteiger partial charge in [0.2, 0.25) is 5.75 Å². The first-order chi connectivity index (χ1) is 12.5. The molecule has 0 amide bonds. The molecule has 0 spiro atoms. The summed E-state index contributed by atoms with van der Waals surface area (Å²) in [6, 6.07) is 11.2. The third-order valence-electron chi connectivity index (χ3n) is 3.95. The lowest BCUT2D eigenvalue weighted by molar-refractivity contribution is 0.339. The Kier molecular flexibility index (Phi) is 9.51. The largest absolute Gasteiger partial charge is 0.502 e. The number of nitrogens with one attached hydrogen (secondary N) is 2. The van der Waals surface area contributed by atoms with E-state index >= 15 is 0 Å². The molecule has 0 aliphatic heterocycles. The number of halogens is 2. The van der Waals surface area contributed by atoms with Crippen molar-refractivity contribution in [3.63, 3.8) is 0 Å². The Balaban J connectivity index is 0.00000364. The number of benzene rings is 2. The van der Waals surface area contributed by atoms with Crippen molar-refractivity contribution in [3.05, 3.63) is 52.5 Å². The Morgan fingerprint density at radius 3 is 2.19 bits per heavy atom. The Bertz CT molecular complexity index is 744. The monoisotopic (exact) mass is 505 g/mol. The standard InChI is InChI=1S/C19H24ClN3O3.HI/c1-12(14-5-7-15(20)8-6-14)23-19(21-2)22-11-13-9-16(25-3)18(24)17(10-13)26-4;/h5-10,12,24H,11H2,1-4H3,(H2,21,22,23);1H. The minimum atomic E-state index is -0.0161. The molecular weight excluding hydrogens is 481 g/mol. The summed E-state index contributed by atoms with van der Waals surface area (Å²) in [7, 11) is 4.71. The zero-order valence-corrected chi connectivity index (χ0v) is 18.8. The van der Waals surface area contributed by atoms with Crippen LogP contribution >= 0.6 is 35.6 Å². The summed E-state index contributed by atoms with van der Waals surface area (Å²) in [5, 5.41) is 17.3. The van der Waals surface area contributed by atoms with Gasteiger partial charge < -0.3 is 25.2 Å². The molecule has 2 aromatic carbocycles. The Morgan fingerprint density at radius 2 is 1.70 bits per heavy atom. The molecule has 2 aromatic rings. The number of ether oxygens (including phenoxy) is 2. The summed E-state index contributed by atoms with van der Waals surface area (Å²) in [5.74, 6) is 1.35. The molecule has 2 rings (SSSR count). The number of phenols is 1. The number of guanidine groups is 1. The fourth-order valence-corrected chi connectivity index (χ4v) is 2.60. The van der Waals surface area contributed by atoms with E-state index in [1.54, 1.807) is 19.2 Å². The SMILES string of the molecule is CN=C(NCc1cc(OC)c(O)c(OC)c1)NC(C)c1ccc(Cl)cc1.I. The van der Waals surface area contributed by atoms with Crippen molar-refractivity contribution in [2.45, 2.75) is 19.5 Å². The molecule has 1 atom stereocenters. The van der Waals surface area contributed by atoms with E-state index in [0.29, 0.717) is 29.0 Å². The van der Waals surface area contributed by atoms with Crippen molar-refractivity contribution in [2.24, 2.45) is 4.99 Å². The molecule has 0 heterocycles. The third-order valence-corrected chi connectivity index (χ3v) is 4.20. The zero-order chi connectivity index (χ0) is 19.1. The van der Waals surface area contributed by atoms with Crippen LogP contribution in [0, 0.1) is 0 Å². The van der Waals surface area contributed by atoms with Crippen LogP contribution in [0.1, 0.15) is 24.1 Å². The summed E-state index contributed by atoms with van der Waals surface area (Å²) in [6.07, 6.45) is 0. The van der Waals surface area contributed by atoms with Crippen LogP contribution in [-0.4, -0.2) is 32.3 Å². The molecule has 3 N–H and O–H groups in total. The van der Waals surface area contributed by atoms with Crippen LogP contribution < -0.4 is 20.1 Å². The molecule has 0 aliphatic carbocycles. The lowest BCUT2D eigenvalue weighted by Gasteiger charge is -2.19. The minimum Gasteiger partial charge on any atom is -0.502 e. The van der Waals surface area contributed by atoms with E-state index in [4.69, 9.17) is 21.1 Å². The zero-order valence-electron chi connectivity index (χ0n) is 15.7. The third kappa shape index (κ3) is 6.35. The van der Waals surface area contributed by atoms with Gasteiger partial charge in [-0.05, 0) is 42.3 Å². The van der Waals surface area contributed by atoms with Gasteiger partial charge in [0, 0.05) is 18.6 Å². The smallest absolute Gasteiger partial charge is 0.200 e. The summed E-state index contributed by atoms with van der Waals surface area (Å²) >= 11 is 5.93. The summed E-state index contributed by atoms with van der Waals surface area (Å²) < 4.78 is 10.4. The summed E-state index contributed by atoms with van der Waals surface area (Å²) in [6.45, 7) is 2.53. The number of hydrogen-bond donors (Lipinski definition) is 3. The van der Waals surface area contributed by atoms with Gasteiger partial charge in [-0.3, -0.25) is 4.99 Å². The van der Waals surface area contributed by atoms with E-state index < -0.39 is 0 Å². The molecule has 0 aliphatic rings. The normalized spacial score (nSPS) is 12.0. The van der Waals surface area contributed by atoms with Crippen molar-refractivity contribution in [2.75, 3.05) is 21.3 Å². The number of aliphatic imine (C=N–C) groups is 1. The molecule has 8 heteroatoms. The van der Waals surface area contributed by atoms with E-state index in [-0.39, 0.29) is 35.8 Å². The van der Waals surface area contributed by atoms with E-state index in [9.17, 15) is 5.11 Å². The van der Waals surface area contributed by atoms with Gasteiger partial charge in [0.1, 0.15) is 0 Å². The first kappa shape index (κ1) is 23.2. The number of rotatable bonds is 6. The lowest BCUT2D eigenvalue weighted by atomic mass is 10.1. The average Bonchev–Trinajstić information content (AvgIpc) is 2.66. The van der Waals surface area contributed by atoms with Crippen LogP contribution in [0.5, 0.6) is 17.2 Å². The predicted molar refractivity (Wildman–Crippen MR) is 120 cm³/mol. The van der Waals surface area contributed by atoms with E-state index in [1.165, 1.54) is 14.2 Å². The van der Waals surface area contributed by atoms with Crippen LogP contribution in [0.3, 0.4) is 0 Å². The van der Waals surface area contributed by atoms with Gasteiger partial charge in [0.05, 0.1) is 20.3 Å². The van der Waals surface area contributed by atoms with E-state index in [0.717, 1.165) is 11.1 Å². The molecule has 0 radical (unpaired) electrons. The molecule has 1 unspecified atom stereocenters. The maximum Gasteiger partial charge on any atom is 0.200 e. The van der Waals surface area contributed by atoms with Gasteiger partial charge in [0.15, 0.2) is 17.5 Å². The Hall–Kier alpha value is -1.87. The molecule has 148 valence electrons. The van der Waals surface area contributed by atoms with Crippen molar-refractivity contribution in [1.82, 2.24) is 10.6 Å². The highest BCUT2D eigenvalue weighted by Gasteiger charge is 2.12. The quantitative estimate of drug-likeness (QED) is 0.313. The average molecular weight is 506 g/mol. The van der Waals surface area contributed by atoms with Crippen LogP contribution in [0.2, 0.25) is 5.02 Å². The molecule has 27 heavy (non-hydrogen) atoms. The van der Waals surface area contributed by atoms with Gasteiger partial charge in [0.25, 0.3) is 0 Å². The van der Waals surface area contributed by atoms with Crippen molar-refractivity contribution >= 4 is 41.5 Å². The second-order valence-electron chi connectivity index (χ2n) is 5.69. The fraction of sp³-hybridized carbons (Fsp3) is 0.316. The molecular formula is C19H25ClIN3O3. The number of hydrogen-bond acceptors (Lipinski definition) is 4. The Labute approximate surface area is 182 Å². The molecule has 0 saturated heterocycles. The number of methoxy groups -OCH3 is 2. The first-order valence-corrected chi connectivity index (χ1v) is 8.52. The van der Waals surface area contributed by atoms with Gasteiger partial charge >= 0.3 is 0 Å². The highest BCUT2D eigenvalue weighted by atomic mass is 127. The first-order valence-electron chi connectivity index (χ1n) is 8.15. The summed E-state index contributed by atoms with van der Waals surface area (Å²) in [4.78, 5) is 4.25. The van der Waals surface area contributed by atoms with Crippen LogP contribution in [0.4, 0.5) is 0 Å². The molecule has 0 aromatic heterocycles. The van der Waals surface area contributed by atoms with Gasteiger partial charge in [-0.15, -0.1) is 24.0 Å². The summed E-state index contributed by atoms with van der Waals surface area (Å²) in [5.41, 5.74) is 1.99. The molecule has 0 bridgehead atoms. The van der Waals surface area contributed by atoms with Gasteiger partial charge in [-0.1, -0.05) is 23.7 Å². The fourth-order valence-electron chi connectivity index (χ4n) is 2.47. The molecule has 0 saturated carbocycles. The molecule has 6 nitrogen and oxygen atoms in total. The maximum atomic E-state index is 9.99. The van der Waals surface area contributed by atoms with Crippen LogP contribution in [0.15, 0.2) is 41.4 Å². The highest BCUT2D eigenvalue weighted by molar-refractivity contribution is 14.0. The van der Waals surface area contributed by atoms with Crippen molar-refractivity contribution in [3.8, 4) is 17.2 Å². The topological polar surface area (TPSA) is 75.1 Å². The van der Waals surface area contributed by atoms with Crippen LogP contribution in [-0.2, 0) is 6.54 Å². The second-order valence-corrected chi connectivity index (χ2v) is 6.13.